The summed E-state index contributed by atoms with van der Waals surface area (Å²) in [6.07, 6.45) is 4.17. The Morgan fingerprint density at radius 3 is 2.83 bits per heavy atom. The molecule has 0 bridgehead atoms. The summed E-state index contributed by atoms with van der Waals surface area (Å²) in [6.45, 7) is 5.29. The molecule has 0 aliphatic carbocycles. The van der Waals surface area contributed by atoms with Gasteiger partial charge in [-0.1, -0.05) is 6.07 Å². The van der Waals surface area contributed by atoms with Crippen molar-refractivity contribution in [1.82, 2.24) is 34.9 Å². The number of fused-ring (bicyclic) bond motifs is 2. The summed E-state index contributed by atoms with van der Waals surface area (Å²) < 4.78 is 3.38. The highest BCUT2D eigenvalue weighted by Gasteiger charge is 2.24. The third-order valence-corrected chi connectivity index (χ3v) is 6.43. The van der Waals surface area contributed by atoms with Crippen molar-refractivity contribution in [2.75, 3.05) is 29.9 Å². The van der Waals surface area contributed by atoms with Crippen molar-refractivity contribution in [3.05, 3.63) is 64.2 Å². The van der Waals surface area contributed by atoms with Crippen molar-refractivity contribution >= 4 is 34.5 Å². The molecule has 0 radical (unpaired) electrons. The number of rotatable bonds is 5. The SMILES string of the molecule is CCn1c(=O)c2cnc(Nc3ccc4c(c3)CCNC4)nc2n1-c1ccnc(N2CCNC2=O)c1. The summed E-state index contributed by atoms with van der Waals surface area (Å²) in [5.41, 5.74) is 4.51. The molecule has 0 saturated carbocycles. The zero-order valence-electron chi connectivity index (χ0n) is 19.3. The number of hydrogen-bond donors (Lipinski definition) is 3. The molecular weight excluding hydrogens is 446 g/mol. The van der Waals surface area contributed by atoms with Crippen LogP contribution >= 0.6 is 0 Å². The van der Waals surface area contributed by atoms with E-state index in [1.54, 1.807) is 38.8 Å². The highest BCUT2D eigenvalue weighted by molar-refractivity contribution is 5.93. The first-order valence-electron chi connectivity index (χ1n) is 11.7. The Balaban J connectivity index is 1.42. The van der Waals surface area contributed by atoms with Crippen LogP contribution in [0.1, 0.15) is 18.1 Å². The molecule has 3 aromatic heterocycles. The Kier molecular flexibility index (Phi) is 5.18. The maximum absolute atomic E-state index is 13.1. The Morgan fingerprint density at radius 2 is 2.00 bits per heavy atom. The van der Waals surface area contributed by atoms with Crippen LogP contribution < -0.4 is 26.4 Å². The van der Waals surface area contributed by atoms with Crippen LogP contribution in [0.4, 0.5) is 22.2 Å². The summed E-state index contributed by atoms with van der Waals surface area (Å²) in [6, 6.07) is 9.66. The summed E-state index contributed by atoms with van der Waals surface area (Å²) >= 11 is 0. The van der Waals surface area contributed by atoms with Crippen molar-refractivity contribution in [3.8, 4) is 5.69 Å². The summed E-state index contributed by atoms with van der Waals surface area (Å²) in [5.74, 6) is 0.923. The molecule has 11 nitrogen and oxygen atoms in total. The van der Waals surface area contributed by atoms with Crippen LogP contribution in [0.15, 0.2) is 47.5 Å². The summed E-state index contributed by atoms with van der Waals surface area (Å²) in [7, 11) is 0. The van der Waals surface area contributed by atoms with Gasteiger partial charge in [-0.05, 0) is 49.2 Å². The zero-order chi connectivity index (χ0) is 23.9. The minimum absolute atomic E-state index is 0.174. The van der Waals surface area contributed by atoms with Crippen LogP contribution in [0.3, 0.4) is 0 Å². The lowest BCUT2D eigenvalue weighted by molar-refractivity contribution is 0.252. The molecule has 1 fully saturated rings. The minimum atomic E-state index is -0.186. The topological polar surface area (TPSA) is 122 Å². The van der Waals surface area contributed by atoms with Gasteiger partial charge in [0.2, 0.25) is 5.95 Å². The fraction of sp³-hybridized carbons (Fsp3) is 0.292. The highest BCUT2D eigenvalue weighted by atomic mass is 16.2. The second kappa shape index (κ2) is 8.51. The van der Waals surface area contributed by atoms with Crippen molar-refractivity contribution < 1.29 is 4.79 Å². The van der Waals surface area contributed by atoms with Crippen LogP contribution in [0.2, 0.25) is 0 Å². The first kappa shape index (κ1) is 21.3. The van der Waals surface area contributed by atoms with Gasteiger partial charge in [0, 0.05) is 50.3 Å². The van der Waals surface area contributed by atoms with E-state index in [0.29, 0.717) is 48.1 Å². The maximum Gasteiger partial charge on any atom is 0.323 e. The number of urea groups is 1. The fourth-order valence-corrected chi connectivity index (χ4v) is 4.70. The highest BCUT2D eigenvalue weighted by Crippen LogP contribution is 2.24. The summed E-state index contributed by atoms with van der Waals surface area (Å²) in [5, 5.41) is 9.88. The number of hydrogen-bond acceptors (Lipinski definition) is 7. The van der Waals surface area contributed by atoms with E-state index in [4.69, 9.17) is 4.98 Å². The number of amides is 2. The number of carbonyl (C=O) groups is 1. The second-order valence-electron chi connectivity index (χ2n) is 8.55. The normalized spacial score (nSPS) is 15.3. The van der Waals surface area contributed by atoms with Crippen LogP contribution in [-0.4, -0.2) is 50.0 Å². The van der Waals surface area contributed by atoms with Gasteiger partial charge >= 0.3 is 6.03 Å². The molecule has 3 N–H and O–H groups in total. The monoisotopic (exact) mass is 471 g/mol. The molecule has 2 aliphatic rings. The van der Waals surface area contributed by atoms with Gasteiger partial charge in [-0.3, -0.25) is 9.69 Å². The van der Waals surface area contributed by atoms with E-state index in [2.05, 4.69) is 38.1 Å². The average molecular weight is 472 g/mol. The van der Waals surface area contributed by atoms with E-state index in [0.717, 1.165) is 25.2 Å². The third kappa shape index (κ3) is 3.69. The first-order valence-corrected chi connectivity index (χ1v) is 11.7. The lowest BCUT2D eigenvalue weighted by Crippen LogP contribution is -2.28. The quantitative estimate of drug-likeness (QED) is 0.406. The number of aromatic nitrogens is 5. The van der Waals surface area contributed by atoms with Gasteiger partial charge in [0.15, 0.2) is 5.65 Å². The van der Waals surface area contributed by atoms with Gasteiger partial charge in [-0.15, -0.1) is 0 Å². The lowest BCUT2D eigenvalue weighted by atomic mass is 10.0. The third-order valence-electron chi connectivity index (χ3n) is 6.43. The number of anilines is 3. The molecule has 1 saturated heterocycles. The number of pyridine rings is 1. The number of nitrogens with zero attached hydrogens (tertiary/aromatic N) is 6. The molecule has 2 aliphatic heterocycles. The van der Waals surface area contributed by atoms with Crippen LogP contribution in [0, 0.1) is 0 Å². The van der Waals surface area contributed by atoms with E-state index in [-0.39, 0.29) is 11.6 Å². The molecule has 0 atom stereocenters. The smallest absolute Gasteiger partial charge is 0.323 e. The Morgan fingerprint density at radius 1 is 1.09 bits per heavy atom. The van der Waals surface area contributed by atoms with Crippen molar-refractivity contribution in [2.24, 2.45) is 0 Å². The predicted octanol–water partition coefficient (Wildman–Crippen LogP) is 1.92. The molecule has 0 unspecified atom stereocenters. The average Bonchev–Trinajstić information content (AvgIpc) is 3.44. The van der Waals surface area contributed by atoms with Gasteiger partial charge in [0.25, 0.3) is 5.56 Å². The van der Waals surface area contributed by atoms with Gasteiger partial charge in [0.05, 0.1) is 5.69 Å². The van der Waals surface area contributed by atoms with E-state index in [9.17, 15) is 9.59 Å². The Labute approximate surface area is 200 Å². The molecule has 0 spiro atoms. The van der Waals surface area contributed by atoms with Gasteiger partial charge in [-0.2, -0.15) is 4.98 Å². The standard InChI is InChI=1S/C24H25N9O2/c1-2-32-22(34)19-14-28-23(29-17-4-3-16-13-25-7-5-15(16)11-17)30-21(19)33(32)18-6-8-26-20(12-18)31-10-9-27-24(31)35/h3-4,6,8,11-12,14,25H,2,5,7,9-10,13H2,1H3,(H,27,35)(H,28,29,30). The van der Waals surface area contributed by atoms with Gasteiger partial charge in [0.1, 0.15) is 11.2 Å². The largest absolute Gasteiger partial charge is 0.336 e. The van der Waals surface area contributed by atoms with Crippen molar-refractivity contribution in [3.63, 3.8) is 0 Å². The minimum Gasteiger partial charge on any atom is -0.336 e. The molecule has 35 heavy (non-hydrogen) atoms. The van der Waals surface area contributed by atoms with E-state index < -0.39 is 0 Å². The lowest BCUT2D eigenvalue weighted by Gasteiger charge is -2.18. The molecule has 11 heteroatoms. The number of nitrogens with one attached hydrogen (secondary N) is 3. The number of benzene rings is 1. The Hall–Kier alpha value is -4.25. The van der Waals surface area contributed by atoms with Crippen LogP contribution in [-0.2, 0) is 19.5 Å². The van der Waals surface area contributed by atoms with Gasteiger partial charge in [-0.25, -0.2) is 24.1 Å². The van der Waals surface area contributed by atoms with Crippen molar-refractivity contribution in [2.45, 2.75) is 26.4 Å². The molecule has 4 aromatic rings. The van der Waals surface area contributed by atoms with E-state index >= 15 is 0 Å². The zero-order valence-corrected chi connectivity index (χ0v) is 19.3. The molecule has 6 rings (SSSR count). The van der Waals surface area contributed by atoms with Crippen LogP contribution in [0.5, 0.6) is 0 Å². The molecule has 178 valence electrons. The Bertz CT molecular complexity index is 1510. The van der Waals surface area contributed by atoms with E-state index in [1.807, 2.05) is 13.0 Å². The molecule has 2 amide bonds. The predicted molar refractivity (Wildman–Crippen MR) is 132 cm³/mol. The molecule has 1 aromatic carbocycles. The van der Waals surface area contributed by atoms with Crippen LogP contribution in [0.25, 0.3) is 16.7 Å². The fourth-order valence-electron chi connectivity index (χ4n) is 4.70. The maximum atomic E-state index is 13.1. The second-order valence-corrected chi connectivity index (χ2v) is 8.55. The molecular formula is C24H25N9O2. The van der Waals surface area contributed by atoms with E-state index in [1.165, 1.54) is 11.1 Å². The molecule has 5 heterocycles. The van der Waals surface area contributed by atoms with Gasteiger partial charge < -0.3 is 16.0 Å². The number of carbonyl (C=O) groups excluding carboxylic acids is 1. The summed E-state index contributed by atoms with van der Waals surface area (Å²) in [4.78, 5) is 40.4. The van der Waals surface area contributed by atoms with Crippen molar-refractivity contribution in [1.29, 1.82) is 0 Å². The first-order chi connectivity index (χ1) is 17.1.